The Hall–Kier alpha value is -2.08. The van der Waals surface area contributed by atoms with E-state index >= 15 is 0 Å². The molecular formula is C14H15BrN4O. The third kappa shape index (κ3) is 3.08. The van der Waals surface area contributed by atoms with Crippen LogP contribution < -0.4 is 10.6 Å². The molecule has 1 aromatic heterocycles. The first kappa shape index (κ1) is 14.3. The molecule has 5 nitrogen and oxygen atoms in total. The number of hydrogen-bond donors (Lipinski definition) is 2. The number of anilines is 1. The van der Waals surface area contributed by atoms with Crippen LogP contribution in [0.1, 0.15) is 11.1 Å². The second-order valence-corrected chi connectivity index (χ2v) is 5.16. The second kappa shape index (κ2) is 6.38. The summed E-state index contributed by atoms with van der Waals surface area (Å²) < 4.78 is 1.04. The molecule has 20 heavy (non-hydrogen) atoms. The predicted octanol–water partition coefficient (Wildman–Crippen LogP) is 2.57. The van der Waals surface area contributed by atoms with Crippen LogP contribution in [0.3, 0.4) is 0 Å². The Balaban J connectivity index is 2.30. The number of oxime groups is 1. The first-order valence-electron chi connectivity index (χ1n) is 6.01. The largest absolute Gasteiger partial charge is 0.409 e. The maximum Gasteiger partial charge on any atom is 0.173 e. The standard InChI is InChI=1S/C14H15BrN4O/c1-19(9-10-5-2-3-7-12(10)15)14-11(13(16)18-20)6-4-8-17-14/h2-8,20H,9H2,1H3,(H2,16,18). The van der Waals surface area contributed by atoms with E-state index in [1.165, 1.54) is 0 Å². The van der Waals surface area contributed by atoms with Gasteiger partial charge in [-0.3, -0.25) is 0 Å². The van der Waals surface area contributed by atoms with Gasteiger partial charge < -0.3 is 15.8 Å². The molecule has 6 heteroatoms. The molecule has 0 aliphatic heterocycles. The highest BCUT2D eigenvalue weighted by molar-refractivity contribution is 9.10. The van der Waals surface area contributed by atoms with Crippen LogP contribution in [0, 0.1) is 0 Å². The average molecular weight is 335 g/mol. The molecular weight excluding hydrogens is 320 g/mol. The van der Waals surface area contributed by atoms with Crippen LogP contribution in [0.15, 0.2) is 52.2 Å². The first-order chi connectivity index (χ1) is 9.63. The number of nitrogens with zero attached hydrogens (tertiary/aromatic N) is 3. The lowest BCUT2D eigenvalue weighted by Crippen LogP contribution is -2.23. The van der Waals surface area contributed by atoms with Crippen LogP contribution in [0.4, 0.5) is 5.82 Å². The Labute approximate surface area is 125 Å². The van der Waals surface area contributed by atoms with Gasteiger partial charge >= 0.3 is 0 Å². The van der Waals surface area contributed by atoms with Crippen molar-refractivity contribution in [1.82, 2.24) is 4.98 Å². The van der Waals surface area contributed by atoms with Gasteiger partial charge in [0, 0.05) is 24.3 Å². The van der Waals surface area contributed by atoms with Gasteiger partial charge in [-0.25, -0.2) is 4.98 Å². The van der Waals surface area contributed by atoms with Crippen molar-refractivity contribution in [3.05, 3.63) is 58.2 Å². The summed E-state index contributed by atoms with van der Waals surface area (Å²) in [4.78, 5) is 6.26. The SMILES string of the molecule is CN(Cc1ccccc1Br)c1ncccc1C(N)=NO. The van der Waals surface area contributed by atoms with Crippen molar-refractivity contribution in [1.29, 1.82) is 0 Å². The van der Waals surface area contributed by atoms with Crippen LogP contribution >= 0.6 is 15.9 Å². The minimum absolute atomic E-state index is 0.0482. The second-order valence-electron chi connectivity index (χ2n) is 4.31. The number of halogens is 1. The summed E-state index contributed by atoms with van der Waals surface area (Å²) in [6.45, 7) is 0.657. The molecule has 0 spiro atoms. The summed E-state index contributed by atoms with van der Waals surface area (Å²) in [6.07, 6.45) is 1.68. The van der Waals surface area contributed by atoms with Crippen molar-refractivity contribution in [2.75, 3.05) is 11.9 Å². The molecule has 0 aliphatic carbocycles. The van der Waals surface area contributed by atoms with Crippen molar-refractivity contribution in [3.63, 3.8) is 0 Å². The van der Waals surface area contributed by atoms with E-state index < -0.39 is 0 Å². The Morgan fingerprint density at radius 2 is 2.10 bits per heavy atom. The molecule has 0 bridgehead atoms. The molecule has 2 rings (SSSR count). The van der Waals surface area contributed by atoms with E-state index in [2.05, 4.69) is 26.1 Å². The summed E-state index contributed by atoms with van der Waals surface area (Å²) in [6, 6.07) is 11.5. The topological polar surface area (TPSA) is 74.7 Å². The fourth-order valence-corrected chi connectivity index (χ4v) is 2.32. The molecule has 0 aliphatic rings. The number of hydrogen-bond acceptors (Lipinski definition) is 4. The van der Waals surface area contributed by atoms with Crippen molar-refractivity contribution < 1.29 is 5.21 Å². The smallest absolute Gasteiger partial charge is 0.173 e. The van der Waals surface area contributed by atoms with Crippen molar-refractivity contribution >= 4 is 27.6 Å². The van der Waals surface area contributed by atoms with Crippen LogP contribution in [0.25, 0.3) is 0 Å². The molecule has 104 valence electrons. The van der Waals surface area contributed by atoms with Crippen LogP contribution in [0.2, 0.25) is 0 Å². The van der Waals surface area contributed by atoms with Gasteiger partial charge in [0.25, 0.3) is 0 Å². The van der Waals surface area contributed by atoms with Crippen LogP contribution in [-0.2, 0) is 6.54 Å². The van der Waals surface area contributed by atoms with Gasteiger partial charge in [-0.05, 0) is 23.8 Å². The van der Waals surface area contributed by atoms with E-state index in [1.807, 2.05) is 36.2 Å². The number of amidine groups is 1. The molecule has 0 saturated heterocycles. The average Bonchev–Trinajstić information content (AvgIpc) is 2.48. The highest BCUT2D eigenvalue weighted by atomic mass is 79.9. The van der Waals surface area contributed by atoms with E-state index in [1.54, 1.807) is 18.3 Å². The predicted molar refractivity (Wildman–Crippen MR) is 83.0 cm³/mol. The molecule has 2 aromatic rings. The molecule has 0 atom stereocenters. The van der Waals surface area contributed by atoms with Gasteiger partial charge in [0.2, 0.25) is 0 Å². The zero-order chi connectivity index (χ0) is 14.5. The van der Waals surface area contributed by atoms with Crippen molar-refractivity contribution in [3.8, 4) is 0 Å². The first-order valence-corrected chi connectivity index (χ1v) is 6.80. The minimum Gasteiger partial charge on any atom is -0.409 e. The zero-order valence-corrected chi connectivity index (χ0v) is 12.6. The van der Waals surface area contributed by atoms with E-state index in [9.17, 15) is 0 Å². The zero-order valence-electron chi connectivity index (χ0n) is 11.0. The summed E-state index contributed by atoms with van der Waals surface area (Å²) in [5.41, 5.74) is 7.41. The van der Waals surface area contributed by atoms with Crippen molar-refractivity contribution in [2.45, 2.75) is 6.54 Å². The maximum absolute atomic E-state index is 8.84. The van der Waals surface area contributed by atoms with E-state index in [0.29, 0.717) is 17.9 Å². The molecule has 3 N–H and O–H groups in total. The molecule has 0 amide bonds. The number of benzene rings is 1. The lowest BCUT2D eigenvalue weighted by atomic mass is 10.2. The Morgan fingerprint density at radius 1 is 1.35 bits per heavy atom. The molecule has 1 heterocycles. The number of rotatable bonds is 4. The summed E-state index contributed by atoms with van der Waals surface area (Å²) in [5.74, 6) is 0.714. The van der Waals surface area contributed by atoms with E-state index in [-0.39, 0.29) is 5.84 Å². The molecule has 0 fully saturated rings. The third-order valence-electron chi connectivity index (χ3n) is 2.90. The summed E-state index contributed by atoms with van der Waals surface area (Å²) in [7, 11) is 1.91. The maximum atomic E-state index is 8.84. The van der Waals surface area contributed by atoms with Crippen molar-refractivity contribution in [2.24, 2.45) is 10.9 Å². The quantitative estimate of drug-likeness (QED) is 0.390. The van der Waals surface area contributed by atoms with Gasteiger partial charge in [0.1, 0.15) is 5.82 Å². The normalized spacial score (nSPS) is 11.4. The van der Waals surface area contributed by atoms with E-state index in [0.717, 1.165) is 10.0 Å². The third-order valence-corrected chi connectivity index (χ3v) is 3.67. The lowest BCUT2D eigenvalue weighted by molar-refractivity contribution is 0.318. The monoisotopic (exact) mass is 334 g/mol. The van der Waals surface area contributed by atoms with E-state index in [4.69, 9.17) is 10.9 Å². The number of aromatic nitrogens is 1. The summed E-state index contributed by atoms with van der Waals surface area (Å²) in [5, 5.41) is 11.9. The van der Waals surface area contributed by atoms with Gasteiger partial charge in [0.15, 0.2) is 5.84 Å². The highest BCUT2D eigenvalue weighted by Gasteiger charge is 2.13. The molecule has 0 radical (unpaired) electrons. The van der Waals surface area contributed by atoms with Crippen LogP contribution in [-0.4, -0.2) is 23.1 Å². The fourth-order valence-electron chi connectivity index (χ4n) is 1.91. The van der Waals surface area contributed by atoms with Crippen LogP contribution in [0.5, 0.6) is 0 Å². The minimum atomic E-state index is 0.0482. The van der Waals surface area contributed by atoms with Gasteiger partial charge in [-0.2, -0.15) is 0 Å². The molecule has 1 aromatic carbocycles. The summed E-state index contributed by atoms with van der Waals surface area (Å²) >= 11 is 3.52. The number of pyridine rings is 1. The Bertz CT molecular complexity index is 630. The Morgan fingerprint density at radius 3 is 2.80 bits per heavy atom. The highest BCUT2D eigenvalue weighted by Crippen LogP contribution is 2.22. The van der Waals surface area contributed by atoms with Gasteiger partial charge in [-0.1, -0.05) is 39.3 Å². The van der Waals surface area contributed by atoms with Gasteiger partial charge in [-0.15, -0.1) is 0 Å². The number of nitrogens with two attached hydrogens (primary N) is 1. The van der Waals surface area contributed by atoms with Gasteiger partial charge in [0.05, 0.1) is 5.56 Å². The molecule has 0 saturated carbocycles. The molecule has 0 unspecified atom stereocenters. The lowest BCUT2D eigenvalue weighted by Gasteiger charge is -2.21. The Kier molecular flexibility index (Phi) is 4.57. The fraction of sp³-hybridized carbons (Fsp3) is 0.143.